The van der Waals surface area contributed by atoms with E-state index in [1.54, 1.807) is 12.1 Å². The summed E-state index contributed by atoms with van der Waals surface area (Å²) in [4.78, 5) is 3.85. The average molecular weight is 278 g/mol. The lowest BCUT2D eigenvalue weighted by Crippen LogP contribution is -2.08. The van der Waals surface area contributed by atoms with Gasteiger partial charge >= 0.3 is 6.18 Å². The smallest absolute Gasteiger partial charge is 0.324 e. The summed E-state index contributed by atoms with van der Waals surface area (Å²) in [6.45, 7) is 0. The summed E-state index contributed by atoms with van der Waals surface area (Å²) in [6, 6.07) is 6.29. The number of hydrogen-bond acceptors (Lipinski definition) is 2. The van der Waals surface area contributed by atoms with Gasteiger partial charge in [0.2, 0.25) is 0 Å². The molecule has 0 saturated heterocycles. The number of nitrogens with two attached hydrogens (primary N) is 1. The van der Waals surface area contributed by atoms with Crippen LogP contribution in [0.2, 0.25) is 0 Å². The molecule has 2 N–H and O–H groups in total. The Hall–Kier alpha value is -1.88. The zero-order chi connectivity index (χ0) is 14.3. The first-order valence-electron chi connectivity index (χ1n) is 6.37. The minimum atomic E-state index is -4.39. The molecular formula is C15H13F3N2. The van der Waals surface area contributed by atoms with Crippen molar-refractivity contribution >= 4 is 0 Å². The molecule has 3 rings (SSSR count). The number of hydrogen-bond donors (Lipinski definition) is 1. The Balaban J connectivity index is 2.21. The summed E-state index contributed by atoms with van der Waals surface area (Å²) >= 11 is 0. The van der Waals surface area contributed by atoms with Gasteiger partial charge in [0.1, 0.15) is 0 Å². The van der Waals surface area contributed by atoms with Crippen LogP contribution in [0.15, 0.2) is 36.7 Å². The highest BCUT2D eigenvalue weighted by Crippen LogP contribution is 2.41. The van der Waals surface area contributed by atoms with Crippen LogP contribution in [0, 0.1) is 0 Å². The van der Waals surface area contributed by atoms with Gasteiger partial charge in [-0.05, 0) is 35.6 Å². The Kier molecular flexibility index (Phi) is 3.01. The minimum absolute atomic E-state index is 0.0871. The first kappa shape index (κ1) is 13.1. The van der Waals surface area contributed by atoms with Gasteiger partial charge in [-0.3, -0.25) is 4.98 Å². The largest absolute Gasteiger partial charge is 0.417 e. The predicted octanol–water partition coefficient (Wildman–Crippen LogP) is 3.71. The van der Waals surface area contributed by atoms with Gasteiger partial charge in [-0.1, -0.05) is 18.2 Å². The first-order valence-corrected chi connectivity index (χ1v) is 6.37. The summed E-state index contributed by atoms with van der Waals surface area (Å²) in [5.41, 5.74) is 7.91. The fraction of sp³-hybridized carbons (Fsp3) is 0.267. The molecule has 0 aliphatic heterocycles. The highest BCUT2D eigenvalue weighted by atomic mass is 19.4. The number of alkyl halides is 3. The molecule has 0 spiro atoms. The van der Waals surface area contributed by atoms with Crippen LogP contribution in [0.3, 0.4) is 0 Å². The summed E-state index contributed by atoms with van der Waals surface area (Å²) in [6.07, 6.45) is -0.460. The summed E-state index contributed by atoms with van der Waals surface area (Å²) in [5.74, 6) is 0. The zero-order valence-electron chi connectivity index (χ0n) is 10.6. The maximum atomic E-state index is 13.1. The number of aromatic nitrogens is 1. The van der Waals surface area contributed by atoms with Crippen molar-refractivity contribution in [2.45, 2.75) is 25.1 Å². The van der Waals surface area contributed by atoms with Crippen molar-refractivity contribution in [3.63, 3.8) is 0 Å². The Labute approximate surface area is 114 Å². The van der Waals surface area contributed by atoms with Crippen molar-refractivity contribution < 1.29 is 13.2 Å². The number of rotatable bonds is 1. The van der Waals surface area contributed by atoms with Gasteiger partial charge in [0.05, 0.1) is 5.56 Å². The quantitative estimate of drug-likeness (QED) is 0.863. The van der Waals surface area contributed by atoms with E-state index >= 15 is 0 Å². The molecule has 20 heavy (non-hydrogen) atoms. The van der Waals surface area contributed by atoms with Crippen molar-refractivity contribution in [3.05, 3.63) is 53.3 Å². The van der Waals surface area contributed by atoms with Crippen molar-refractivity contribution in [1.29, 1.82) is 0 Å². The highest BCUT2D eigenvalue weighted by Gasteiger charge is 2.34. The normalized spacial score (nSPS) is 18.1. The second kappa shape index (κ2) is 4.59. The van der Waals surface area contributed by atoms with Crippen LogP contribution in [-0.4, -0.2) is 4.98 Å². The average Bonchev–Trinajstić information content (AvgIpc) is 2.80. The molecule has 1 aromatic carbocycles. The van der Waals surface area contributed by atoms with E-state index in [0.717, 1.165) is 23.6 Å². The van der Waals surface area contributed by atoms with Crippen molar-refractivity contribution in [1.82, 2.24) is 4.98 Å². The van der Waals surface area contributed by atoms with Crippen LogP contribution in [0.5, 0.6) is 0 Å². The molecule has 1 unspecified atom stereocenters. The van der Waals surface area contributed by atoms with Crippen LogP contribution in [-0.2, 0) is 12.6 Å². The van der Waals surface area contributed by atoms with Crippen molar-refractivity contribution in [2.75, 3.05) is 0 Å². The Morgan fingerprint density at radius 2 is 1.95 bits per heavy atom. The summed E-state index contributed by atoms with van der Waals surface area (Å²) < 4.78 is 39.3. The molecule has 0 amide bonds. The van der Waals surface area contributed by atoms with E-state index in [4.69, 9.17) is 5.73 Å². The molecule has 2 nitrogen and oxygen atoms in total. The summed E-state index contributed by atoms with van der Waals surface area (Å²) in [7, 11) is 0. The number of halogens is 3. The van der Waals surface area contributed by atoms with E-state index in [2.05, 4.69) is 4.98 Å². The topological polar surface area (TPSA) is 38.9 Å². The molecular weight excluding hydrogens is 265 g/mol. The van der Waals surface area contributed by atoms with E-state index < -0.39 is 11.7 Å². The molecule has 0 bridgehead atoms. The fourth-order valence-electron chi connectivity index (χ4n) is 2.80. The molecule has 0 radical (unpaired) electrons. The number of nitrogens with zero attached hydrogens (tertiary/aromatic N) is 1. The molecule has 5 heteroatoms. The summed E-state index contributed by atoms with van der Waals surface area (Å²) in [5, 5.41) is 0. The van der Waals surface area contributed by atoms with Gasteiger partial charge < -0.3 is 5.73 Å². The van der Waals surface area contributed by atoms with Crippen molar-refractivity contribution in [3.8, 4) is 11.1 Å². The van der Waals surface area contributed by atoms with E-state index in [-0.39, 0.29) is 11.6 Å². The lowest BCUT2D eigenvalue weighted by atomic mass is 9.94. The van der Waals surface area contributed by atoms with Crippen LogP contribution in [0.25, 0.3) is 11.1 Å². The highest BCUT2D eigenvalue weighted by molar-refractivity contribution is 5.72. The van der Waals surface area contributed by atoms with Crippen LogP contribution in [0.1, 0.15) is 29.2 Å². The van der Waals surface area contributed by atoms with Gasteiger partial charge in [-0.15, -0.1) is 0 Å². The van der Waals surface area contributed by atoms with E-state index in [1.165, 1.54) is 12.4 Å². The molecule has 2 aromatic rings. The molecule has 104 valence electrons. The van der Waals surface area contributed by atoms with E-state index in [9.17, 15) is 13.2 Å². The van der Waals surface area contributed by atoms with Crippen LogP contribution in [0.4, 0.5) is 13.2 Å². The minimum Gasteiger partial charge on any atom is -0.324 e. The Morgan fingerprint density at radius 3 is 2.70 bits per heavy atom. The SMILES string of the molecule is NC1CCc2c(-c3cnccc3C(F)(F)F)cccc21. The van der Waals surface area contributed by atoms with Gasteiger partial charge in [0, 0.05) is 24.0 Å². The Bertz CT molecular complexity index is 650. The second-order valence-electron chi connectivity index (χ2n) is 4.94. The lowest BCUT2D eigenvalue weighted by molar-refractivity contribution is -0.137. The number of pyridine rings is 1. The van der Waals surface area contributed by atoms with Crippen molar-refractivity contribution in [2.24, 2.45) is 5.73 Å². The molecule has 1 aliphatic carbocycles. The molecule has 1 heterocycles. The fourth-order valence-corrected chi connectivity index (χ4v) is 2.80. The maximum Gasteiger partial charge on any atom is 0.417 e. The molecule has 1 aliphatic rings. The van der Waals surface area contributed by atoms with Gasteiger partial charge in [0.25, 0.3) is 0 Å². The zero-order valence-corrected chi connectivity index (χ0v) is 10.6. The van der Waals surface area contributed by atoms with Gasteiger partial charge in [-0.2, -0.15) is 13.2 Å². The monoisotopic (exact) mass is 278 g/mol. The molecule has 0 saturated carbocycles. The molecule has 1 atom stereocenters. The third kappa shape index (κ3) is 2.08. The van der Waals surface area contributed by atoms with Crippen LogP contribution < -0.4 is 5.73 Å². The van der Waals surface area contributed by atoms with E-state index in [0.29, 0.717) is 12.0 Å². The number of fused-ring (bicyclic) bond motifs is 1. The van der Waals surface area contributed by atoms with Gasteiger partial charge in [0.15, 0.2) is 0 Å². The van der Waals surface area contributed by atoms with Gasteiger partial charge in [-0.25, -0.2) is 0 Å². The van der Waals surface area contributed by atoms with Crippen LogP contribution >= 0.6 is 0 Å². The molecule has 0 fully saturated rings. The second-order valence-corrected chi connectivity index (χ2v) is 4.94. The lowest BCUT2D eigenvalue weighted by Gasteiger charge is -2.15. The maximum absolute atomic E-state index is 13.1. The third-order valence-electron chi connectivity index (χ3n) is 3.73. The standard InChI is InChI=1S/C15H13F3N2/c16-15(17,18)13-6-7-20-8-12(13)9-2-1-3-11-10(9)4-5-14(11)19/h1-3,6-8,14H,4-5,19H2. The first-order chi connectivity index (χ1) is 9.48. The number of benzene rings is 1. The van der Waals surface area contributed by atoms with E-state index in [1.807, 2.05) is 6.07 Å². The Morgan fingerprint density at radius 1 is 1.15 bits per heavy atom. The molecule has 1 aromatic heterocycles. The predicted molar refractivity (Wildman–Crippen MR) is 69.9 cm³/mol. The third-order valence-corrected chi connectivity index (χ3v) is 3.73.